The quantitative estimate of drug-likeness (QED) is 0.851. The van der Waals surface area contributed by atoms with Crippen LogP contribution in [0.15, 0.2) is 36.7 Å². The van der Waals surface area contributed by atoms with Crippen molar-refractivity contribution in [2.75, 3.05) is 6.61 Å². The number of carbonyl (C=O) groups excluding carboxylic acids is 1. The molecular formula is C12H12N2O2. The highest BCUT2D eigenvalue weighted by molar-refractivity contribution is 5.84. The lowest BCUT2D eigenvalue weighted by atomic mass is 10.1. The molecule has 0 aliphatic heterocycles. The molecule has 0 saturated carbocycles. The number of nitrogens with two attached hydrogens (primary N) is 1. The first-order valence-electron chi connectivity index (χ1n) is 5.01. The van der Waals surface area contributed by atoms with Crippen LogP contribution >= 0.6 is 0 Å². The zero-order chi connectivity index (χ0) is 11.4. The minimum atomic E-state index is -0.742. The fraction of sp³-hybridized carbons (Fsp3) is 0.167. The lowest BCUT2D eigenvalue weighted by molar-refractivity contribution is 0.158. The smallest absolute Gasteiger partial charge is 0.404 e. The monoisotopic (exact) mass is 216 g/mol. The Morgan fingerprint density at radius 2 is 2.12 bits per heavy atom. The van der Waals surface area contributed by atoms with Crippen LogP contribution in [0.1, 0.15) is 5.56 Å². The van der Waals surface area contributed by atoms with E-state index in [1.54, 1.807) is 6.20 Å². The minimum absolute atomic E-state index is 0.283. The molecule has 0 aliphatic carbocycles. The molecule has 1 aromatic carbocycles. The van der Waals surface area contributed by atoms with Gasteiger partial charge in [0.05, 0.1) is 6.61 Å². The van der Waals surface area contributed by atoms with Crippen molar-refractivity contribution in [1.29, 1.82) is 0 Å². The molecule has 2 aromatic rings. The van der Waals surface area contributed by atoms with Gasteiger partial charge in [-0.3, -0.25) is 4.98 Å². The average Bonchev–Trinajstić information content (AvgIpc) is 2.29. The summed E-state index contributed by atoms with van der Waals surface area (Å²) in [4.78, 5) is 14.6. The van der Waals surface area contributed by atoms with E-state index < -0.39 is 6.09 Å². The third-order valence-corrected chi connectivity index (χ3v) is 2.37. The third-order valence-electron chi connectivity index (χ3n) is 2.37. The summed E-state index contributed by atoms with van der Waals surface area (Å²) in [6, 6.07) is 7.96. The van der Waals surface area contributed by atoms with Crippen LogP contribution in [0, 0.1) is 0 Å². The number of carbonyl (C=O) groups is 1. The van der Waals surface area contributed by atoms with Gasteiger partial charge in [-0.25, -0.2) is 4.79 Å². The first kappa shape index (κ1) is 10.4. The number of aromatic nitrogens is 1. The normalized spacial score (nSPS) is 10.2. The predicted octanol–water partition coefficient (Wildman–Crippen LogP) is 1.87. The van der Waals surface area contributed by atoms with Crippen molar-refractivity contribution >= 4 is 16.9 Å². The summed E-state index contributed by atoms with van der Waals surface area (Å²) < 4.78 is 4.71. The average molecular weight is 216 g/mol. The van der Waals surface area contributed by atoms with Crippen molar-refractivity contribution in [3.05, 3.63) is 42.2 Å². The van der Waals surface area contributed by atoms with Gasteiger partial charge in [-0.05, 0) is 10.9 Å². The Hall–Kier alpha value is -2.10. The molecule has 2 rings (SSSR count). The SMILES string of the molecule is NC(=O)OCCc1cncc2ccccc12. The molecule has 0 spiro atoms. The van der Waals surface area contributed by atoms with Gasteiger partial charge >= 0.3 is 6.09 Å². The Morgan fingerprint density at radius 1 is 1.31 bits per heavy atom. The van der Waals surface area contributed by atoms with Crippen molar-refractivity contribution in [3.8, 4) is 0 Å². The largest absolute Gasteiger partial charge is 0.449 e. The predicted molar refractivity (Wildman–Crippen MR) is 61.0 cm³/mol. The molecule has 0 aliphatic rings. The van der Waals surface area contributed by atoms with E-state index in [4.69, 9.17) is 10.5 Å². The van der Waals surface area contributed by atoms with Gasteiger partial charge in [0.25, 0.3) is 0 Å². The summed E-state index contributed by atoms with van der Waals surface area (Å²) in [5.74, 6) is 0. The van der Waals surface area contributed by atoms with Crippen LogP contribution in [0.5, 0.6) is 0 Å². The zero-order valence-corrected chi connectivity index (χ0v) is 8.72. The van der Waals surface area contributed by atoms with E-state index in [9.17, 15) is 4.79 Å². The molecule has 4 heteroatoms. The number of ether oxygens (including phenoxy) is 1. The number of benzene rings is 1. The highest BCUT2D eigenvalue weighted by Crippen LogP contribution is 2.17. The Bertz CT molecular complexity index is 506. The standard InChI is InChI=1S/C12H12N2O2/c13-12(15)16-6-5-10-8-14-7-9-3-1-2-4-11(9)10/h1-4,7-8H,5-6H2,(H2,13,15). The second-order valence-corrected chi connectivity index (χ2v) is 3.44. The summed E-state index contributed by atoms with van der Waals surface area (Å²) in [5.41, 5.74) is 5.95. The fourth-order valence-electron chi connectivity index (χ4n) is 1.64. The first-order valence-corrected chi connectivity index (χ1v) is 5.01. The zero-order valence-electron chi connectivity index (χ0n) is 8.72. The van der Waals surface area contributed by atoms with E-state index in [1.165, 1.54) is 0 Å². The number of nitrogens with zero attached hydrogens (tertiary/aromatic N) is 1. The summed E-state index contributed by atoms with van der Waals surface area (Å²) in [5, 5.41) is 2.21. The van der Waals surface area contributed by atoms with Crippen LogP contribution in [-0.4, -0.2) is 17.7 Å². The molecule has 0 bridgehead atoms. The van der Waals surface area contributed by atoms with E-state index in [0.717, 1.165) is 16.3 Å². The number of hydrogen-bond acceptors (Lipinski definition) is 3. The third kappa shape index (κ3) is 2.28. The molecule has 1 heterocycles. The first-order chi connectivity index (χ1) is 7.77. The maximum atomic E-state index is 10.4. The molecule has 4 nitrogen and oxygen atoms in total. The maximum absolute atomic E-state index is 10.4. The molecular weight excluding hydrogens is 204 g/mol. The number of rotatable bonds is 3. The van der Waals surface area contributed by atoms with Crippen LogP contribution in [-0.2, 0) is 11.2 Å². The van der Waals surface area contributed by atoms with E-state index in [0.29, 0.717) is 6.42 Å². The highest BCUT2D eigenvalue weighted by Gasteiger charge is 2.02. The van der Waals surface area contributed by atoms with Gasteiger partial charge in [0.2, 0.25) is 0 Å². The number of fused-ring (bicyclic) bond motifs is 1. The Kier molecular flexibility index (Phi) is 3.00. The number of amides is 1. The Balaban J connectivity index is 2.20. The van der Waals surface area contributed by atoms with E-state index in [-0.39, 0.29) is 6.61 Å². The van der Waals surface area contributed by atoms with Gasteiger partial charge < -0.3 is 10.5 Å². The van der Waals surface area contributed by atoms with Gasteiger partial charge in [0.1, 0.15) is 0 Å². The van der Waals surface area contributed by atoms with Gasteiger partial charge in [0, 0.05) is 24.2 Å². The van der Waals surface area contributed by atoms with Gasteiger partial charge in [-0.2, -0.15) is 0 Å². The van der Waals surface area contributed by atoms with Crippen molar-refractivity contribution in [1.82, 2.24) is 4.98 Å². The summed E-state index contributed by atoms with van der Waals surface area (Å²) in [7, 11) is 0. The number of primary amides is 1. The van der Waals surface area contributed by atoms with Crippen LogP contribution in [0.4, 0.5) is 4.79 Å². The van der Waals surface area contributed by atoms with Crippen molar-refractivity contribution < 1.29 is 9.53 Å². The second-order valence-electron chi connectivity index (χ2n) is 3.44. The van der Waals surface area contributed by atoms with Gasteiger partial charge in [-0.1, -0.05) is 24.3 Å². The number of pyridine rings is 1. The maximum Gasteiger partial charge on any atom is 0.404 e. The molecule has 0 fully saturated rings. The molecule has 2 N–H and O–H groups in total. The van der Waals surface area contributed by atoms with E-state index in [1.807, 2.05) is 30.5 Å². The fourth-order valence-corrected chi connectivity index (χ4v) is 1.64. The summed E-state index contributed by atoms with van der Waals surface area (Å²) in [6.45, 7) is 0.283. The van der Waals surface area contributed by atoms with Crippen molar-refractivity contribution in [3.63, 3.8) is 0 Å². The summed E-state index contributed by atoms with van der Waals surface area (Å²) in [6.07, 6.45) is 3.48. The molecule has 1 aromatic heterocycles. The van der Waals surface area contributed by atoms with Crippen LogP contribution in [0.3, 0.4) is 0 Å². The Morgan fingerprint density at radius 3 is 2.94 bits per heavy atom. The van der Waals surface area contributed by atoms with Crippen LogP contribution in [0.2, 0.25) is 0 Å². The van der Waals surface area contributed by atoms with Crippen molar-refractivity contribution in [2.45, 2.75) is 6.42 Å². The molecule has 0 radical (unpaired) electrons. The van der Waals surface area contributed by atoms with Crippen LogP contribution in [0.25, 0.3) is 10.8 Å². The lowest BCUT2D eigenvalue weighted by Crippen LogP contribution is -2.14. The summed E-state index contributed by atoms with van der Waals surface area (Å²) >= 11 is 0. The topological polar surface area (TPSA) is 65.2 Å². The van der Waals surface area contributed by atoms with Crippen molar-refractivity contribution in [2.24, 2.45) is 5.73 Å². The lowest BCUT2D eigenvalue weighted by Gasteiger charge is -2.05. The van der Waals surface area contributed by atoms with Gasteiger partial charge in [-0.15, -0.1) is 0 Å². The number of hydrogen-bond donors (Lipinski definition) is 1. The molecule has 16 heavy (non-hydrogen) atoms. The molecule has 1 amide bonds. The van der Waals surface area contributed by atoms with Crippen LogP contribution < -0.4 is 5.73 Å². The van der Waals surface area contributed by atoms with E-state index >= 15 is 0 Å². The molecule has 0 atom stereocenters. The van der Waals surface area contributed by atoms with Gasteiger partial charge in [0.15, 0.2) is 0 Å². The Labute approximate surface area is 93.0 Å². The minimum Gasteiger partial charge on any atom is -0.449 e. The molecule has 0 unspecified atom stereocenters. The molecule has 0 saturated heterocycles. The second kappa shape index (κ2) is 4.61. The molecule has 82 valence electrons. The van der Waals surface area contributed by atoms with E-state index in [2.05, 4.69) is 4.98 Å². The highest BCUT2D eigenvalue weighted by atomic mass is 16.5.